The summed E-state index contributed by atoms with van der Waals surface area (Å²) in [5, 5.41) is 0. The second kappa shape index (κ2) is 6.18. The largest absolute Gasteiger partial charge is 0.253 e. The fraction of sp³-hybridized carbons (Fsp3) is 0.231. The van der Waals surface area contributed by atoms with Crippen molar-refractivity contribution in [2.45, 2.75) is 11.8 Å². The number of allylic oxidation sites excluding steroid dienone is 1. The minimum atomic E-state index is 1.05. The Kier molecular flexibility index (Phi) is 5.19. The summed E-state index contributed by atoms with van der Waals surface area (Å²) in [6.45, 7) is 10.00. The van der Waals surface area contributed by atoms with Crippen LogP contribution in [0.4, 0.5) is 0 Å². The lowest BCUT2D eigenvalue weighted by molar-refractivity contribution is 0.702. The molecule has 0 radical (unpaired) electrons. The van der Waals surface area contributed by atoms with Gasteiger partial charge in [-0.05, 0) is 43.9 Å². The van der Waals surface area contributed by atoms with Crippen LogP contribution in [0.15, 0.2) is 47.2 Å². The van der Waals surface area contributed by atoms with E-state index >= 15 is 0 Å². The SMILES string of the molecule is C=C(C)SC(=C)c1ccccc1SN(C)C. The Morgan fingerprint density at radius 1 is 1.19 bits per heavy atom. The zero-order valence-electron chi connectivity index (χ0n) is 9.99. The summed E-state index contributed by atoms with van der Waals surface area (Å²) in [6, 6.07) is 8.31. The molecule has 0 spiro atoms. The molecular formula is C13H17NS2. The number of rotatable bonds is 5. The van der Waals surface area contributed by atoms with E-state index in [1.54, 1.807) is 23.7 Å². The average molecular weight is 251 g/mol. The Labute approximate surface area is 107 Å². The summed E-state index contributed by atoms with van der Waals surface area (Å²) in [6.07, 6.45) is 0. The molecule has 0 fully saturated rings. The molecule has 0 unspecified atom stereocenters. The third kappa shape index (κ3) is 4.08. The highest BCUT2D eigenvalue weighted by molar-refractivity contribution is 8.11. The van der Waals surface area contributed by atoms with E-state index in [2.05, 4.69) is 29.6 Å². The van der Waals surface area contributed by atoms with Crippen molar-refractivity contribution in [1.29, 1.82) is 0 Å². The maximum atomic E-state index is 4.10. The van der Waals surface area contributed by atoms with Crippen molar-refractivity contribution in [2.24, 2.45) is 0 Å². The number of nitrogens with zero attached hydrogens (tertiary/aromatic N) is 1. The Balaban J connectivity index is 2.94. The van der Waals surface area contributed by atoms with E-state index < -0.39 is 0 Å². The lowest BCUT2D eigenvalue weighted by Gasteiger charge is -2.14. The molecule has 1 nitrogen and oxygen atoms in total. The molecule has 1 aromatic rings. The molecule has 86 valence electrons. The molecule has 0 aliphatic heterocycles. The van der Waals surface area contributed by atoms with E-state index in [1.165, 1.54) is 10.5 Å². The highest BCUT2D eigenvalue weighted by atomic mass is 32.2. The lowest BCUT2D eigenvalue weighted by atomic mass is 10.2. The van der Waals surface area contributed by atoms with Crippen molar-refractivity contribution in [2.75, 3.05) is 14.1 Å². The molecule has 0 saturated heterocycles. The average Bonchev–Trinajstić information content (AvgIpc) is 2.16. The maximum absolute atomic E-state index is 4.10. The van der Waals surface area contributed by atoms with Crippen molar-refractivity contribution >= 4 is 28.6 Å². The fourth-order valence-electron chi connectivity index (χ4n) is 1.24. The van der Waals surface area contributed by atoms with Gasteiger partial charge in [-0.15, -0.1) is 0 Å². The van der Waals surface area contributed by atoms with Crippen molar-refractivity contribution in [3.63, 3.8) is 0 Å². The number of hydrogen-bond donors (Lipinski definition) is 0. The van der Waals surface area contributed by atoms with Gasteiger partial charge in [-0.2, -0.15) is 0 Å². The van der Waals surface area contributed by atoms with Crippen LogP contribution in [0.2, 0.25) is 0 Å². The van der Waals surface area contributed by atoms with Crippen LogP contribution in [0.25, 0.3) is 4.91 Å². The summed E-state index contributed by atoms with van der Waals surface area (Å²) in [4.78, 5) is 3.35. The molecule has 0 atom stereocenters. The van der Waals surface area contributed by atoms with Crippen molar-refractivity contribution in [1.82, 2.24) is 4.31 Å². The quantitative estimate of drug-likeness (QED) is 0.710. The highest BCUT2D eigenvalue weighted by Crippen LogP contribution is 2.36. The fourth-order valence-corrected chi connectivity index (χ4v) is 2.83. The standard InChI is InChI=1S/C13H17NS2/c1-10(2)15-11(3)12-8-6-7-9-13(12)16-14(4)5/h6-9H,1,3H2,2,4-5H3. The van der Waals surface area contributed by atoms with Crippen LogP contribution in [0.5, 0.6) is 0 Å². The van der Waals surface area contributed by atoms with Gasteiger partial charge >= 0.3 is 0 Å². The lowest BCUT2D eigenvalue weighted by Crippen LogP contribution is -1.99. The molecule has 0 aliphatic carbocycles. The maximum Gasteiger partial charge on any atom is 0.0313 e. The van der Waals surface area contributed by atoms with Crippen LogP contribution in [0, 0.1) is 0 Å². The van der Waals surface area contributed by atoms with Crippen LogP contribution in [-0.2, 0) is 0 Å². The molecule has 0 heterocycles. The Morgan fingerprint density at radius 2 is 1.81 bits per heavy atom. The summed E-state index contributed by atoms with van der Waals surface area (Å²) in [7, 11) is 4.08. The van der Waals surface area contributed by atoms with Crippen molar-refractivity contribution in [3.8, 4) is 0 Å². The molecular weight excluding hydrogens is 234 g/mol. The van der Waals surface area contributed by atoms with Crippen molar-refractivity contribution in [3.05, 3.63) is 47.9 Å². The van der Waals surface area contributed by atoms with Crippen LogP contribution in [0.1, 0.15) is 12.5 Å². The third-order valence-electron chi connectivity index (χ3n) is 1.77. The molecule has 16 heavy (non-hydrogen) atoms. The molecule has 0 bridgehead atoms. The zero-order valence-corrected chi connectivity index (χ0v) is 11.6. The molecule has 1 rings (SSSR count). The predicted octanol–water partition coefficient (Wildman–Crippen LogP) is 4.49. The Hall–Kier alpha value is -0.640. The van der Waals surface area contributed by atoms with Gasteiger partial charge in [-0.3, -0.25) is 4.31 Å². The summed E-state index contributed by atoms with van der Waals surface area (Å²) in [5.41, 5.74) is 1.19. The molecule has 0 saturated carbocycles. The Morgan fingerprint density at radius 3 is 2.38 bits per heavy atom. The van der Waals surface area contributed by atoms with Gasteiger partial charge in [0.25, 0.3) is 0 Å². The van der Waals surface area contributed by atoms with E-state index in [0.29, 0.717) is 0 Å². The van der Waals surface area contributed by atoms with Gasteiger partial charge in [-0.1, -0.05) is 43.1 Å². The molecule has 3 heteroatoms. The second-order valence-corrected chi connectivity index (χ2v) is 6.37. The number of thioether (sulfide) groups is 1. The van der Waals surface area contributed by atoms with Gasteiger partial charge in [0.2, 0.25) is 0 Å². The van der Waals surface area contributed by atoms with E-state index in [9.17, 15) is 0 Å². The minimum absolute atomic E-state index is 1.05. The monoisotopic (exact) mass is 251 g/mol. The van der Waals surface area contributed by atoms with E-state index in [-0.39, 0.29) is 0 Å². The van der Waals surface area contributed by atoms with Crippen LogP contribution >= 0.6 is 23.7 Å². The normalized spacial score (nSPS) is 10.5. The van der Waals surface area contributed by atoms with E-state index in [1.807, 2.05) is 33.2 Å². The second-order valence-electron chi connectivity index (χ2n) is 3.63. The van der Waals surface area contributed by atoms with E-state index in [0.717, 1.165) is 9.81 Å². The summed E-state index contributed by atoms with van der Waals surface area (Å²) >= 11 is 3.34. The minimum Gasteiger partial charge on any atom is -0.253 e. The van der Waals surface area contributed by atoms with Gasteiger partial charge in [0, 0.05) is 15.4 Å². The third-order valence-corrected chi connectivity index (χ3v) is 3.50. The first-order valence-corrected chi connectivity index (χ1v) is 6.56. The molecule has 0 aromatic heterocycles. The van der Waals surface area contributed by atoms with Gasteiger partial charge in [0.1, 0.15) is 0 Å². The molecule has 0 amide bonds. The Bertz CT molecular complexity index is 397. The van der Waals surface area contributed by atoms with Gasteiger partial charge < -0.3 is 0 Å². The smallest absolute Gasteiger partial charge is 0.0313 e. The first-order chi connectivity index (χ1) is 7.50. The number of benzene rings is 1. The van der Waals surface area contributed by atoms with Crippen LogP contribution in [0.3, 0.4) is 0 Å². The summed E-state index contributed by atoms with van der Waals surface area (Å²) < 4.78 is 2.08. The number of hydrogen-bond acceptors (Lipinski definition) is 3. The zero-order chi connectivity index (χ0) is 12.1. The predicted molar refractivity (Wildman–Crippen MR) is 77.4 cm³/mol. The molecule has 0 N–H and O–H groups in total. The highest BCUT2D eigenvalue weighted by Gasteiger charge is 2.07. The first-order valence-electron chi connectivity index (χ1n) is 4.97. The van der Waals surface area contributed by atoms with Gasteiger partial charge in [-0.25, -0.2) is 0 Å². The summed E-state index contributed by atoms with van der Waals surface area (Å²) in [5.74, 6) is 0. The molecule has 1 aromatic carbocycles. The van der Waals surface area contributed by atoms with Crippen LogP contribution in [-0.4, -0.2) is 18.4 Å². The van der Waals surface area contributed by atoms with Crippen LogP contribution < -0.4 is 0 Å². The molecule has 0 aliphatic rings. The van der Waals surface area contributed by atoms with Crippen molar-refractivity contribution < 1.29 is 0 Å². The van der Waals surface area contributed by atoms with Gasteiger partial charge in [0.05, 0.1) is 0 Å². The van der Waals surface area contributed by atoms with Gasteiger partial charge in [0.15, 0.2) is 0 Å². The topological polar surface area (TPSA) is 3.24 Å². The van der Waals surface area contributed by atoms with E-state index in [4.69, 9.17) is 0 Å². The first kappa shape index (κ1) is 13.4.